The molecule has 7 heteroatoms. The molecule has 0 saturated carbocycles. The van der Waals surface area contributed by atoms with Gasteiger partial charge in [-0.25, -0.2) is 4.79 Å². The molecule has 0 aromatic rings. The third-order valence-corrected chi connectivity index (χ3v) is 3.83. The molecule has 3 amide bonds. The van der Waals surface area contributed by atoms with Crippen LogP contribution in [0.4, 0.5) is 4.79 Å². The van der Waals surface area contributed by atoms with Crippen LogP contribution in [0.5, 0.6) is 0 Å². The molecule has 1 fully saturated rings. The average Bonchev–Trinajstić information content (AvgIpc) is 2.35. The molecule has 0 aromatic heterocycles. The molecule has 2 unspecified atom stereocenters. The van der Waals surface area contributed by atoms with E-state index in [0.29, 0.717) is 19.4 Å². The van der Waals surface area contributed by atoms with Crippen molar-refractivity contribution in [3.8, 4) is 0 Å². The number of carbonyl (C=O) groups is 3. The maximum atomic E-state index is 12.1. The second-order valence-corrected chi connectivity index (χ2v) is 6.01. The summed E-state index contributed by atoms with van der Waals surface area (Å²) in [6.07, 6.45) is 0.897. The van der Waals surface area contributed by atoms with Crippen molar-refractivity contribution in [1.29, 1.82) is 0 Å². The summed E-state index contributed by atoms with van der Waals surface area (Å²) in [4.78, 5) is 35.8. The highest BCUT2D eigenvalue weighted by Crippen LogP contribution is 2.23. The quantitative estimate of drug-likeness (QED) is 0.693. The topological polar surface area (TPSA) is 113 Å². The van der Waals surface area contributed by atoms with Crippen molar-refractivity contribution in [2.75, 3.05) is 13.1 Å². The number of nitrogens with zero attached hydrogens (tertiary/aromatic N) is 1. The van der Waals surface area contributed by atoms with E-state index in [9.17, 15) is 14.4 Å². The molecule has 0 bridgehead atoms. The first-order valence-electron chi connectivity index (χ1n) is 6.72. The molecular weight excluding hydrogens is 262 g/mol. The van der Waals surface area contributed by atoms with Gasteiger partial charge in [0, 0.05) is 19.1 Å². The molecule has 1 heterocycles. The van der Waals surface area contributed by atoms with Crippen LogP contribution in [0.1, 0.15) is 33.6 Å². The normalized spacial score (nSPS) is 23.2. The lowest BCUT2D eigenvalue weighted by Crippen LogP contribution is -2.52. The smallest absolute Gasteiger partial charge is 0.317 e. The van der Waals surface area contributed by atoms with Gasteiger partial charge in [0.05, 0.1) is 11.3 Å². The Morgan fingerprint density at radius 3 is 2.45 bits per heavy atom. The number of urea groups is 1. The van der Waals surface area contributed by atoms with Crippen molar-refractivity contribution in [2.45, 2.75) is 39.7 Å². The second kappa shape index (κ2) is 6.11. The maximum absolute atomic E-state index is 12.1. The standard InChI is InChI=1S/C13H23N3O4/c1-8-6-9(10(17)18)4-5-16(8)12(20)15-7-13(2,3)11(14)19/h8-9H,4-7H2,1-3H3,(H2,14,19)(H,15,20)(H,17,18). The number of carbonyl (C=O) groups excluding carboxylic acids is 2. The van der Waals surface area contributed by atoms with Crippen LogP contribution in [0, 0.1) is 11.3 Å². The predicted molar refractivity (Wildman–Crippen MR) is 72.9 cm³/mol. The van der Waals surface area contributed by atoms with E-state index >= 15 is 0 Å². The number of primary amides is 1. The van der Waals surface area contributed by atoms with Crippen molar-refractivity contribution in [3.05, 3.63) is 0 Å². The number of likely N-dealkylation sites (tertiary alicyclic amines) is 1. The number of piperidine rings is 1. The van der Waals surface area contributed by atoms with E-state index < -0.39 is 23.2 Å². The van der Waals surface area contributed by atoms with E-state index in [1.807, 2.05) is 6.92 Å². The van der Waals surface area contributed by atoms with Crippen LogP contribution in [0.25, 0.3) is 0 Å². The molecule has 0 aliphatic carbocycles. The monoisotopic (exact) mass is 285 g/mol. The molecule has 0 radical (unpaired) electrons. The molecule has 0 spiro atoms. The summed E-state index contributed by atoms with van der Waals surface area (Å²) in [6.45, 7) is 5.72. The molecule has 2 atom stereocenters. The highest BCUT2D eigenvalue weighted by Gasteiger charge is 2.33. The number of carboxylic acid groups (broad SMARTS) is 1. The zero-order chi connectivity index (χ0) is 15.5. The van der Waals surface area contributed by atoms with Gasteiger partial charge in [0.1, 0.15) is 0 Å². The number of aliphatic carboxylic acids is 1. The summed E-state index contributed by atoms with van der Waals surface area (Å²) in [6, 6.07) is -0.419. The maximum Gasteiger partial charge on any atom is 0.317 e. The van der Waals surface area contributed by atoms with Crippen molar-refractivity contribution < 1.29 is 19.5 Å². The number of hydrogen-bond acceptors (Lipinski definition) is 3. The fraction of sp³-hybridized carbons (Fsp3) is 0.769. The number of rotatable bonds is 4. The molecule has 7 nitrogen and oxygen atoms in total. The predicted octanol–water partition coefficient (Wildman–Crippen LogP) is 0.393. The van der Waals surface area contributed by atoms with Crippen LogP contribution in [-0.4, -0.2) is 47.0 Å². The third-order valence-electron chi connectivity index (χ3n) is 3.83. The minimum absolute atomic E-state index is 0.137. The van der Waals surface area contributed by atoms with Gasteiger partial charge in [-0.3, -0.25) is 9.59 Å². The molecule has 20 heavy (non-hydrogen) atoms. The number of amides is 3. The lowest BCUT2D eigenvalue weighted by atomic mass is 9.91. The Hall–Kier alpha value is -1.79. The molecule has 114 valence electrons. The van der Waals surface area contributed by atoms with Gasteiger partial charge in [-0.2, -0.15) is 0 Å². The van der Waals surface area contributed by atoms with Gasteiger partial charge in [-0.15, -0.1) is 0 Å². The largest absolute Gasteiger partial charge is 0.481 e. The van der Waals surface area contributed by atoms with Gasteiger partial charge < -0.3 is 21.1 Å². The molecule has 0 aromatic carbocycles. The summed E-state index contributed by atoms with van der Waals surface area (Å²) in [5, 5.41) is 11.7. The van der Waals surface area contributed by atoms with Gasteiger partial charge in [-0.05, 0) is 33.6 Å². The summed E-state index contributed by atoms with van der Waals surface area (Å²) < 4.78 is 0. The van der Waals surface area contributed by atoms with E-state index in [-0.39, 0.29) is 18.6 Å². The van der Waals surface area contributed by atoms with Gasteiger partial charge >= 0.3 is 12.0 Å². The number of nitrogens with one attached hydrogen (secondary N) is 1. The molecule has 1 aliphatic rings. The van der Waals surface area contributed by atoms with Gasteiger partial charge in [0.25, 0.3) is 0 Å². The molecule has 1 aliphatic heterocycles. The van der Waals surface area contributed by atoms with Crippen molar-refractivity contribution in [1.82, 2.24) is 10.2 Å². The highest BCUT2D eigenvalue weighted by molar-refractivity contribution is 5.81. The summed E-state index contributed by atoms with van der Waals surface area (Å²) in [7, 11) is 0. The van der Waals surface area contributed by atoms with Crippen LogP contribution in [0.15, 0.2) is 0 Å². The summed E-state index contributed by atoms with van der Waals surface area (Å²) in [5.41, 5.74) is 4.44. The molecular formula is C13H23N3O4. The second-order valence-electron chi connectivity index (χ2n) is 6.01. The lowest BCUT2D eigenvalue weighted by Gasteiger charge is -2.36. The van der Waals surface area contributed by atoms with E-state index in [1.54, 1.807) is 18.7 Å². The Kier molecular flexibility index (Phi) is 4.97. The third kappa shape index (κ3) is 3.85. The first-order valence-corrected chi connectivity index (χ1v) is 6.72. The highest BCUT2D eigenvalue weighted by atomic mass is 16.4. The van der Waals surface area contributed by atoms with Crippen LogP contribution in [0.2, 0.25) is 0 Å². The minimum atomic E-state index is -0.813. The van der Waals surface area contributed by atoms with E-state index in [2.05, 4.69) is 5.32 Å². The van der Waals surface area contributed by atoms with Gasteiger partial charge in [-0.1, -0.05) is 0 Å². The molecule has 1 saturated heterocycles. The van der Waals surface area contributed by atoms with E-state index in [1.165, 1.54) is 0 Å². The fourth-order valence-corrected chi connectivity index (χ4v) is 2.18. The SMILES string of the molecule is CC1CC(C(=O)O)CCN1C(=O)NCC(C)(C)C(N)=O. The van der Waals surface area contributed by atoms with Gasteiger partial charge in [0.2, 0.25) is 5.91 Å². The Bertz CT molecular complexity index is 408. The lowest BCUT2D eigenvalue weighted by molar-refractivity contribution is -0.143. The average molecular weight is 285 g/mol. The Labute approximate surface area is 118 Å². The first-order chi connectivity index (χ1) is 9.15. The Morgan fingerprint density at radius 2 is 2.00 bits per heavy atom. The van der Waals surface area contributed by atoms with E-state index in [0.717, 1.165) is 0 Å². The number of nitrogens with two attached hydrogens (primary N) is 1. The zero-order valence-electron chi connectivity index (χ0n) is 12.2. The Morgan fingerprint density at radius 1 is 1.40 bits per heavy atom. The van der Waals surface area contributed by atoms with Crippen LogP contribution >= 0.6 is 0 Å². The minimum Gasteiger partial charge on any atom is -0.481 e. The number of carboxylic acids is 1. The van der Waals surface area contributed by atoms with Crippen LogP contribution < -0.4 is 11.1 Å². The first kappa shape index (κ1) is 16.3. The van der Waals surface area contributed by atoms with Gasteiger partial charge in [0.15, 0.2) is 0 Å². The molecule has 4 N–H and O–H groups in total. The fourth-order valence-electron chi connectivity index (χ4n) is 2.18. The van der Waals surface area contributed by atoms with Crippen LogP contribution in [0.3, 0.4) is 0 Å². The van der Waals surface area contributed by atoms with Crippen molar-refractivity contribution in [2.24, 2.45) is 17.1 Å². The van der Waals surface area contributed by atoms with E-state index in [4.69, 9.17) is 10.8 Å². The zero-order valence-corrected chi connectivity index (χ0v) is 12.2. The summed E-state index contributed by atoms with van der Waals surface area (Å²) >= 11 is 0. The van der Waals surface area contributed by atoms with Crippen LogP contribution in [-0.2, 0) is 9.59 Å². The summed E-state index contributed by atoms with van der Waals surface area (Å²) in [5.74, 6) is -1.68. The van der Waals surface area contributed by atoms with Crippen molar-refractivity contribution >= 4 is 17.9 Å². The van der Waals surface area contributed by atoms with Crippen molar-refractivity contribution in [3.63, 3.8) is 0 Å². The molecule has 1 rings (SSSR count). The number of hydrogen-bond donors (Lipinski definition) is 3. The Balaban J connectivity index is 2.53.